The first-order valence-electron chi connectivity index (χ1n) is 9.04. The van der Waals surface area contributed by atoms with E-state index in [1.165, 1.54) is 11.1 Å². The Bertz CT molecular complexity index is 938. The zero-order valence-corrected chi connectivity index (χ0v) is 14.7. The molecule has 1 nitrogen and oxygen atoms in total. The van der Waals surface area contributed by atoms with Crippen molar-refractivity contribution in [2.75, 3.05) is 0 Å². The van der Waals surface area contributed by atoms with Gasteiger partial charge in [-0.2, -0.15) is 0 Å². The molecular weight excluding hydrogens is 316 g/mol. The second-order valence-corrected chi connectivity index (χ2v) is 6.85. The first-order chi connectivity index (χ1) is 12.7. The Balaban J connectivity index is 1.63. The molecule has 0 heterocycles. The van der Waals surface area contributed by atoms with Gasteiger partial charge in [-0.3, -0.25) is 0 Å². The smallest absolute Gasteiger partial charge is 0.0977 e. The Morgan fingerprint density at radius 1 is 0.769 bits per heavy atom. The Morgan fingerprint density at radius 3 is 2.12 bits per heavy atom. The highest BCUT2D eigenvalue weighted by atomic mass is 16.3. The molecule has 0 radical (unpaired) electrons. The van der Waals surface area contributed by atoms with Crippen molar-refractivity contribution in [3.8, 4) is 0 Å². The molecule has 0 amide bonds. The van der Waals surface area contributed by atoms with Crippen LogP contribution in [0.25, 0.3) is 17.7 Å². The third-order valence-corrected chi connectivity index (χ3v) is 4.96. The summed E-state index contributed by atoms with van der Waals surface area (Å²) in [6.45, 7) is 0. The van der Waals surface area contributed by atoms with E-state index in [1.54, 1.807) is 0 Å². The van der Waals surface area contributed by atoms with Crippen LogP contribution in [0, 0.1) is 0 Å². The van der Waals surface area contributed by atoms with Gasteiger partial charge in [0.15, 0.2) is 0 Å². The van der Waals surface area contributed by atoms with Gasteiger partial charge in [-0.25, -0.2) is 0 Å². The van der Waals surface area contributed by atoms with Crippen LogP contribution in [0.2, 0.25) is 0 Å². The summed E-state index contributed by atoms with van der Waals surface area (Å²) in [5.41, 5.74) is 4.86. The molecule has 3 aromatic carbocycles. The second-order valence-electron chi connectivity index (χ2n) is 6.85. The van der Waals surface area contributed by atoms with Crippen molar-refractivity contribution < 1.29 is 5.11 Å². The highest BCUT2D eigenvalue weighted by Crippen LogP contribution is 2.46. The molecule has 128 valence electrons. The summed E-state index contributed by atoms with van der Waals surface area (Å²) in [6, 6.07) is 28.7. The summed E-state index contributed by atoms with van der Waals surface area (Å²) in [7, 11) is 0. The fourth-order valence-electron chi connectivity index (χ4n) is 3.69. The standard InChI is InChI=1S/C25H22O/c26-25(17-9-14-20-10-3-1-4-11-20)19-22(18-21-12-5-2-6-13-21)23-15-7-8-16-24(23)25/h1-16,18,26H,17,19H2/b14-9+,22-18+/t25-/m1/s1. The number of aliphatic hydroxyl groups is 1. The Hall–Kier alpha value is -2.90. The number of rotatable bonds is 4. The summed E-state index contributed by atoms with van der Waals surface area (Å²) in [4.78, 5) is 0. The topological polar surface area (TPSA) is 20.2 Å². The monoisotopic (exact) mass is 338 g/mol. The zero-order valence-electron chi connectivity index (χ0n) is 14.7. The highest BCUT2D eigenvalue weighted by Gasteiger charge is 2.38. The van der Waals surface area contributed by atoms with Crippen molar-refractivity contribution in [2.45, 2.75) is 18.4 Å². The number of hydrogen-bond donors (Lipinski definition) is 1. The van der Waals surface area contributed by atoms with Crippen LogP contribution in [-0.2, 0) is 5.60 Å². The molecule has 3 aromatic rings. The lowest BCUT2D eigenvalue weighted by atomic mass is 9.92. The Morgan fingerprint density at radius 2 is 1.38 bits per heavy atom. The molecule has 0 bridgehead atoms. The van der Waals surface area contributed by atoms with E-state index in [-0.39, 0.29) is 0 Å². The van der Waals surface area contributed by atoms with E-state index in [2.05, 4.69) is 54.6 Å². The van der Waals surface area contributed by atoms with Crippen molar-refractivity contribution in [2.24, 2.45) is 0 Å². The number of fused-ring (bicyclic) bond motifs is 1. The van der Waals surface area contributed by atoms with Crippen LogP contribution in [0.15, 0.2) is 91.0 Å². The fourth-order valence-corrected chi connectivity index (χ4v) is 3.69. The predicted molar refractivity (Wildman–Crippen MR) is 109 cm³/mol. The zero-order chi connectivity index (χ0) is 17.8. The molecular formula is C25H22O. The normalized spacial score (nSPS) is 20.6. The molecule has 0 saturated carbocycles. The number of benzene rings is 3. The average Bonchev–Trinajstić information content (AvgIpc) is 2.96. The van der Waals surface area contributed by atoms with E-state index in [1.807, 2.05) is 48.5 Å². The molecule has 0 aliphatic heterocycles. The molecule has 1 atom stereocenters. The van der Waals surface area contributed by atoms with Crippen LogP contribution >= 0.6 is 0 Å². The lowest BCUT2D eigenvalue weighted by molar-refractivity contribution is 0.0515. The molecule has 0 unspecified atom stereocenters. The highest BCUT2D eigenvalue weighted by molar-refractivity contribution is 5.86. The first-order valence-corrected chi connectivity index (χ1v) is 9.04. The lowest BCUT2D eigenvalue weighted by Gasteiger charge is -2.22. The van der Waals surface area contributed by atoms with Crippen LogP contribution in [0.1, 0.15) is 35.1 Å². The van der Waals surface area contributed by atoms with Gasteiger partial charge in [-0.05, 0) is 34.2 Å². The van der Waals surface area contributed by atoms with Crippen LogP contribution in [-0.4, -0.2) is 5.11 Å². The summed E-state index contributed by atoms with van der Waals surface area (Å²) in [6.07, 6.45) is 7.60. The van der Waals surface area contributed by atoms with Crippen LogP contribution in [0.3, 0.4) is 0 Å². The quantitative estimate of drug-likeness (QED) is 0.626. The van der Waals surface area contributed by atoms with Gasteiger partial charge in [0.05, 0.1) is 5.60 Å². The van der Waals surface area contributed by atoms with Gasteiger partial charge in [-0.15, -0.1) is 0 Å². The first kappa shape index (κ1) is 16.6. The van der Waals surface area contributed by atoms with Gasteiger partial charge >= 0.3 is 0 Å². The molecule has 1 aliphatic rings. The summed E-state index contributed by atoms with van der Waals surface area (Å²) in [5, 5.41) is 11.4. The number of hydrogen-bond acceptors (Lipinski definition) is 1. The molecule has 1 aliphatic carbocycles. The summed E-state index contributed by atoms with van der Waals surface area (Å²) in [5.74, 6) is 0. The van der Waals surface area contributed by atoms with Gasteiger partial charge in [0.2, 0.25) is 0 Å². The molecule has 26 heavy (non-hydrogen) atoms. The van der Waals surface area contributed by atoms with E-state index in [9.17, 15) is 5.11 Å². The average molecular weight is 338 g/mol. The molecule has 4 rings (SSSR count). The summed E-state index contributed by atoms with van der Waals surface area (Å²) >= 11 is 0. The van der Waals surface area contributed by atoms with Gasteiger partial charge in [0.1, 0.15) is 0 Å². The maximum Gasteiger partial charge on any atom is 0.0977 e. The van der Waals surface area contributed by atoms with Crippen molar-refractivity contribution in [3.63, 3.8) is 0 Å². The molecule has 0 aromatic heterocycles. The van der Waals surface area contributed by atoms with Gasteiger partial charge in [0.25, 0.3) is 0 Å². The minimum atomic E-state index is -0.845. The lowest BCUT2D eigenvalue weighted by Crippen LogP contribution is -2.20. The third-order valence-electron chi connectivity index (χ3n) is 4.96. The van der Waals surface area contributed by atoms with Gasteiger partial charge in [0, 0.05) is 6.42 Å². The largest absolute Gasteiger partial charge is 0.384 e. The minimum Gasteiger partial charge on any atom is -0.384 e. The molecule has 1 heteroatoms. The van der Waals surface area contributed by atoms with Crippen LogP contribution in [0.5, 0.6) is 0 Å². The third kappa shape index (κ3) is 3.40. The fraction of sp³-hybridized carbons (Fsp3) is 0.120. The second kappa shape index (κ2) is 7.15. The van der Waals surface area contributed by atoms with Crippen molar-refractivity contribution in [1.82, 2.24) is 0 Å². The van der Waals surface area contributed by atoms with Crippen LogP contribution < -0.4 is 0 Å². The molecule has 0 fully saturated rings. The Labute approximate surface area is 155 Å². The van der Waals surface area contributed by atoms with Gasteiger partial charge < -0.3 is 5.11 Å². The maximum atomic E-state index is 11.4. The van der Waals surface area contributed by atoms with Gasteiger partial charge in [-0.1, -0.05) is 103 Å². The van der Waals surface area contributed by atoms with Crippen LogP contribution in [0.4, 0.5) is 0 Å². The molecule has 0 saturated heterocycles. The molecule has 0 spiro atoms. The predicted octanol–water partition coefficient (Wildman–Crippen LogP) is 5.92. The van der Waals surface area contributed by atoms with Crippen molar-refractivity contribution in [3.05, 3.63) is 113 Å². The van der Waals surface area contributed by atoms with Crippen molar-refractivity contribution >= 4 is 17.7 Å². The van der Waals surface area contributed by atoms with Crippen molar-refractivity contribution in [1.29, 1.82) is 0 Å². The van der Waals surface area contributed by atoms with E-state index in [0.717, 1.165) is 16.7 Å². The van der Waals surface area contributed by atoms with E-state index in [4.69, 9.17) is 0 Å². The van der Waals surface area contributed by atoms with E-state index < -0.39 is 5.60 Å². The van der Waals surface area contributed by atoms with E-state index >= 15 is 0 Å². The minimum absolute atomic E-state index is 0.602. The Kier molecular flexibility index (Phi) is 4.55. The SMILES string of the molecule is O[C@]1(C/C=C/c2ccccc2)C/C(=C\c2ccccc2)c2ccccc21. The summed E-state index contributed by atoms with van der Waals surface area (Å²) < 4.78 is 0. The molecule has 1 N–H and O–H groups in total. The maximum absolute atomic E-state index is 11.4. The van der Waals surface area contributed by atoms with E-state index in [0.29, 0.717) is 12.8 Å².